The second kappa shape index (κ2) is 2.41. The summed E-state index contributed by atoms with van der Waals surface area (Å²) in [5, 5.41) is 0. The van der Waals surface area contributed by atoms with E-state index in [2.05, 4.69) is 27.4 Å². The van der Waals surface area contributed by atoms with Gasteiger partial charge in [0, 0.05) is 0 Å². The highest BCUT2D eigenvalue weighted by Gasteiger charge is 2.35. The van der Waals surface area contributed by atoms with Gasteiger partial charge in [-0.15, -0.1) is 0 Å². The molecule has 0 aromatic heterocycles. The maximum Gasteiger partial charge on any atom is -0.0116 e. The topological polar surface area (TPSA) is 0 Å². The van der Waals surface area contributed by atoms with E-state index in [0.29, 0.717) is 11.3 Å². The molecule has 0 heterocycles. The predicted molar refractivity (Wildman–Crippen MR) is 45.9 cm³/mol. The quantitative estimate of drug-likeness (QED) is 0.513. The Kier molecular flexibility index (Phi) is 1.89. The van der Waals surface area contributed by atoms with Gasteiger partial charge in [-0.1, -0.05) is 39.3 Å². The van der Waals surface area contributed by atoms with Crippen LogP contribution in [0.2, 0.25) is 0 Å². The summed E-state index contributed by atoms with van der Waals surface area (Å²) >= 11 is 0. The van der Waals surface area contributed by atoms with Crippen molar-refractivity contribution >= 4 is 0 Å². The van der Waals surface area contributed by atoms with Crippen LogP contribution in [0.3, 0.4) is 0 Å². The molecule has 1 aliphatic carbocycles. The first-order valence-electron chi connectivity index (χ1n) is 4.25. The molecule has 1 aliphatic rings. The third kappa shape index (κ3) is 1.12. The lowest BCUT2D eigenvalue weighted by Gasteiger charge is -2.42. The van der Waals surface area contributed by atoms with E-state index in [-0.39, 0.29) is 0 Å². The number of rotatable bonds is 2. The van der Waals surface area contributed by atoms with Gasteiger partial charge < -0.3 is 0 Å². The summed E-state index contributed by atoms with van der Waals surface area (Å²) < 4.78 is 0. The van der Waals surface area contributed by atoms with Crippen LogP contribution >= 0.6 is 0 Å². The highest BCUT2D eigenvalue weighted by Crippen LogP contribution is 2.47. The Labute approximate surface area is 64.3 Å². The molecule has 0 saturated heterocycles. The van der Waals surface area contributed by atoms with Crippen molar-refractivity contribution in [1.82, 2.24) is 0 Å². The molecular weight excluding hydrogens is 120 g/mol. The summed E-state index contributed by atoms with van der Waals surface area (Å²) in [5.41, 5.74) is 1.97. The lowest BCUT2D eigenvalue weighted by molar-refractivity contribution is 0.199. The van der Waals surface area contributed by atoms with Crippen LogP contribution in [-0.2, 0) is 0 Å². The highest BCUT2D eigenvalue weighted by atomic mass is 14.4. The first kappa shape index (κ1) is 7.84. The van der Waals surface area contributed by atoms with Crippen molar-refractivity contribution in [2.75, 3.05) is 0 Å². The molecule has 10 heavy (non-hydrogen) atoms. The summed E-state index contributed by atoms with van der Waals surface area (Å²) in [7, 11) is 0. The summed E-state index contributed by atoms with van der Waals surface area (Å²) in [4.78, 5) is 0. The van der Waals surface area contributed by atoms with Crippen molar-refractivity contribution in [3.8, 4) is 0 Å². The van der Waals surface area contributed by atoms with Gasteiger partial charge in [0.1, 0.15) is 0 Å². The third-order valence-corrected chi connectivity index (χ3v) is 2.93. The van der Waals surface area contributed by atoms with Gasteiger partial charge in [-0.3, -0.25) is 0 Å². The minimum Gasteiger partial charge on any atom is -0.0991 e. The molecule has 58 valence electrons. The van der Waals surface area contributed by atoms with E-state index in [1.54, 1.807) is 0 Å². The van der Waals surface area contributed by atoms with E-state index in [9.17, 15) is 0 Å². The molecule has 0 aromatic rings. The first-order chi connectivity index (χ1) is 4.56. The molecule has 0 N–H and O–H groups in total. The standard InChI is InChI=1S/C10H18/c1-8(2)9(3)10(4)6-5-7-10/h8H,3,5-7H2,1-2,4H3. The molecule has 0 nitrogen and oxygen atoms in total. The number of hydrogen-bond acceptors (Lipinski definition) is 0. The average Bonchev–Trinajstić information content (AvgIpc) is 1.81. The zero-order chi connectivity index (χ0) is 7.78. The van der Waals surface area contributed by atoms with Gasteiger partial charge in [-0.2, -0.15) is 0 Å². The maximum absolute atomic E-state index is 4.15. The Bertz CT molecular complexity index is 138. The summed E-state index contributed by atoms with van der Waals surface area (Å²) in [6.45, 7) is 11.0. The van der Waals surface area contributed by atoms with Gasteiger partial charge in [0.15, 0.2) is 0 Å². The van der Waals surface area contributed by atoms with E-state index >= 15 is 0 Å². The van der Waals surface area contributed by atoms with Crippen LogP contribution < -0.4 is 0 Å². The smallest absolute Gasteiger partial charge is 0.0116 e. The van der Waals surface area contributed by atoms with E-state index in [4.69, 9.17) is 0 Å². The van der Waals surface area contributed by atoms with E-state index in [1.807, 2.05) is 0 Å². The monoisotopic (exact) mass is 138 g/mol. The van der Waals surface area contributed by atoms with E-state index in [1.165, 1.54) is 24.8 Å². The van der Waals surface area contributed by atoms with Crippen LogP contribution in [0.5, 0.6) is 0 Å². The fraction of sp³-hybridized carbons (Fsp3) is 0.800. The largest absolute Gasteiger partial charge is 0.0991 e. The molecule has 1 saturated carbocycles. The van der Waals surface area contributed by atoms with Crippen molar-refractivity contribution in [1.29, 1.82) is 0 Å². The van der Waals surface area contributed by atoms with Crippen molar-refractivity contribution in [3.05, 3.63) is 12.2 Å². The van der Waals surface area contributed by atoms with Crippen molar-refractivity contribution in [2.24, 2.45) is 11.3 Å². The maximum atomic E-state index is 4.15. The Morgan fingerprint density at radius 2 is 1.90 bits per heavy atom. The van der Waals surface area contributed by atoms with Crippen LogP contribution in [0.4, 0.5) is 0 Å². The van der Waals surface area contributed by atoms with Gasteiger partial charge in [-0.05, 0) is 24.2 Å². The summed E-state index contributed by atoms with van der Waals surface area (Å²) in [6.07, 6.45) is 4.14. The van der Waals surface area contributed by atoms with E-state index in [0.717, 1.165) is 0 Å². The van der Waals surface area contributed by atoms with Crippen LogP contribution in [-0.4, -0.2) is 0 Å². The highest BCUT2D eigenvalue weighted by molar-refractivity contribution is 5.14. The molecule has 1 fully saturated rings. The molecule has 0 heteroatoms. The second-order valence-corrected chi connectivity index (χ2v) is 4.09. The average molecular weight is 138 g/mol. The van der Waals surface area contributed by atoms with E-state index < -0.39 is 0 Å². The Balaban J connectivity index is 2.55. The molecule has 0 atom stereocenters. The van der Waals surface area contributed by atoms with Gasteiger partial charge in [0.25, 0.3) is 0 Å². The SMILES string of the molecule is C=C(C(C)C)C1(C)CCC1. The molecule has 0 unspecified atom stereocenters. The molecule has 0 radical (unpaired) electrons. The van der Waals surface area contributed by atoms with Crippen molar-refractivity contribution < 1.29 is 0 Å². The first-order valence-corrected chi connectivity index (χ1v) is 4.25. The van der Waals surface area contributed by atoms with Crippen molar-refractivity contribution in [3.63, 3.8) is 0 Å². The molecular formula is C10H18. The van der Waals surface area contributed by atoms with Gasteiger partial charge in [0.05, 0.1) is 0 Å². The fourth-order valence-electron chi connectivity index (χ4n) is 1.73. The third-order valence-electron chi connectivity index (χ3n) is 2.93. The zero-order valence-corrected chi connectivity index (χ0v) is 7.41. The molecule has 0 bridgehead atoms. The van der Waals surface area contributed by atoms with Gasteiger partial charge >= 0.3 is 0 Å². The van der Waals surface area contributed by atoms with Crippen LogP contribution in [0.25, 0.3) is 0 Å². The minimum atomic E-state index is 0.508. The molecule has 0 spiro atoms. The summed E-state index contributed by atoms with van der Waals surface area (Å²) in [5.74, 6) is 0.672. The Morgan fingerprint density at radius 1 is 1.40 bits per heavy atom. The van der Waals surface area contributed by atoms with Crippen LogP contribution in [0, 0.1) is 11.3 Å². The summed E-state index contributed by atoms with van der Waals surface area (Å²) in [6, 6.07) is 0. The Hall–Kier alpha value is -0.260. The Morgan fingerprint density at radius 3 is 2.00 bits per heavy atom. The molecule has 0 aromatic carbocycles. The lowest BCUT2D eigenvalue weighted by Crippen LogP contribution is -2.29. The number of allylic oxidation sites excluding steroid dienone is 1. The van der Waals surface area contributed by atoms with Crippen LogP contribution in [0.15, 0.2) is 12.2 Å². The minimum absolute atomic E-state index is 0.508. The van der Waals surface area contributed by atoms with Crippen molar-refractivity contribution in [2.45, 2.75) is 40.0 Å². The number of hydrogen-bond donors (Lipinski definition) is 0. The zero-order valence-electron chi connectivity index (χ0n) is 7.41. The molecule has 0 aliphatic heterocycles. The predicted octanol–water partition coefficient (Wildman–Crippen LogP) is 3.39. The molecule has 1 rings (SSSR count). The fourth-order valence-corrected chi connectivity index (χ4v) is 1.73. The van der Waals surface area contributed by atoms with Gasteiger partial charge in [-0.25, -0.2) is 0 Å². The van der Waals surface area contributed by atoms with Crippen LogP contribution in [0.1, 0.15) is 40.0 Å². The molecule has 0 amide bonds. The second-order valence-electron chi connectivity index (χ2n) is 4.09. The lowest BCUT2D eigenvalue weighted by atomic mass is 9.63. The normalized spacial score (nSPS) is 22.4. The van der Waals surface area contributed by atoms with Gasteiger partial charge in [0.2, 0.25) is 0 Å².